The fourth-order valence-electron chi connectivity index (χ4n) is 5.80. The number of phenolic OH excluding ortho intramolecular Hbond substituents is 1. The smallest absolute Gasteiger partial charge is 0.174 e. The lowest BCUT2D eigenvalue weighted by Gasteiger charge is -2.62. The summed E-state index contributed by atoms with van der Waals surface area (Å²) in [4.78, 5) is 14.9. The summed E-state index contributed by atoms with van der Waals surface area (Å²) in [5.74, 6) is 0.528. The lowest BCUT2D eigenvalue weighted by molar-refractivity contribution is -0.187. The van der Waals surface area contributed by atoms with E-state index in [0.29, 0.717) is 31.4 Å². The molecule has 2 aliphatic heterocycles. The van der Waals surface area contributed by atoms with E-state index in [1.807, 2.05) is 12.1 Å². The van der Waals surface area contributed by atoms with Crippen LogP contribution < -0.4 is 4.74 Å². The number of ketones is 1. The minimum atomic E-state index is -1.00. The van der Waals surface area contributed by atoms with Crippen molar-refractivity contribution < 1.29 is 19.7 Å². The van der Waals surface area contributed by atoms with Gasteiger partial charge >= 0.3 is 0 Å². The van der Waals surface area contributed by atoms with Gasteiger partial charge in [0, 0.05) is 31.1 Å². The zero-order valence-electron chi connectivity index (χ0n) is 13.9. The van der Waals surface area contributed by atoms with Crippen LogP contribution in [0.4, 0.5) is 0 Å². The molecule has 2 aliphatic carbocycles. The Kier molecular flexibility index (Phi) is 3.53. The number of benzene rings is 1. The molecular weight excluding hydrogens is 342 g/mol. The van der Waals surface area contributed by atoms with Crippen LogP contribution in [0.25, 0.3) is 0 Å². The number of carbonyl (C=O) groups excluding carboxylic acids is 1. The van der Waals surface area contributed by atoms with Crippen LogP contribution in [0.5, 0.6) is 11.5 Å². The molecule has 2 bridgehead atoms. The highest BCUT2D eigenvalue weighted by atomic mass is 35.5. The van der Waals surface area contributed by atoms with Crippen molar-refractivity contribution >= 4 is 18.2 Å². The second kappa shape index (κ2) is 5.22. The van der Waals surface area contributed by atoms with Crippen LogP contribution in [0.2, 0.25) is 0 Å². The maximum Gasteiger partial charge on any atom is 0.174 e. The highest BCUT2D eigenvalue weighted by Crippen LogP contribution is 2.64. The maximum absolute atomic E-state index is 12.6. The molecule has 6 heteroatoms. The number of phenols is 1. The van der Waals surface area contributed by atoms with E-state index in [4.69, 9.17) is 4.74 Å². The predicted molar refractivity (Wildman–Crippen MR) is 94.5 cm³/mol. The second-order valence-electron chi connectivity index (χ2n) is 7.56. The summed E-state index contributed by atoms with van der Waals surface area (Å²) in [7, 11) is 0. The van der Waals surface area contributed by atoms with Gasteiger partial charge in [0.05, 0.1) is 11.0 Å². The Bertz CT molecular complexity index is 781. The van der Waals surface area contributed by atoms with Crippen molar-refractivity contribution in [2.45, 2.75) is 48.8 Å². The fraction of sp³-hybridized carbons (Fsp3) is 0.526. The van der Waals surface area contributed by atoms with Crippen molar-refractivity contribution in [3.63, 3.8) is 0 Å². The summed E-state index contributed by atoms with van der Waals surface area (Å²) < 4.78 is 5.98. The summed E-state index contributed by atoms with van der Waals surface area (Å²) in [6, 6.07) is 3.52. The van der Waals surface area contributed by atoms with Crippen molar-refractivity contribution in [3.05, 3.63) is 35.9 Å². The molecule has 1 aromatic carbocycles. The van der Waals surface area contributed by atoms with Gasteiger partial charge in [0.25, 0.3) is 0 Å². The molecule has 25 heavy (non-hydrogen) atoms. The highest BCUT2D eigenvalue weighted by Gasteiger charge is 2.72. The number of hydrogen-bond donors (Lipinski definition) is 2. The van der Waals surface area contributed by atoms with Crippen LogP contribution in [0.15, 0.2) is 24.8 Å². The van der Waals surface area contributed by atoms with E-state index in [9.17, 15) is 15.0 Å². The van der Waals surface area contributed by atoms with Gasteiger partial charge in [-0.1, -0.05) is 12.1 Å². The molecule has 1 saturated carbocycles. The number of piperidine rings is 1. The van der Waals surface area contributed by atoms with Crippen LogP contribution in [0.3, 0.4) is 0 Å². The average molecular weight is 364 g/mol. The van der Waals surface area contributed by atoms with Gasteiger partial charge in [-0.25, -0.2) is 0 Å². The van der Waals surface area contributed by atoms with Crippen LogP contribution in [0.1, 0.15) is 30.4 Å². The van der Waals surface area contributed by atoms with Crippen LogP contribution in [-0.2, 0) is 16.6 Å². The molecule has 2 heterocycles. The normalized spacial score (nSPS) is 37.7. The number of aliphatic hydroxyl groups is 1. The number of nitrogens with zero attached hydrogens (tertiary/aromatic N) is 1. The quantitative estimate of drug-likeness (QED) is 0.783. The molecule has 1 spiro atoms. The molecule has 134 valence electrons. The van der Waals surface area contributed by atoms with Gasteiger partial charge in [-0.2, -0.15) is 0 Å². The Labute approximate surface area is 152 Å². The van der Waals surface area contributed by atoms with E-state index in [2.05, 4.69) is 11.5 Å². The number of ether oxygens (including phenoxy) is 1. The number of rotatable bonds is 2. The topological polar surface area (TPSA) is 70.0 Å². The first kappa shape index (κ1) is 16.9. The molecule has 4 atom stereocenters. The zero-order chi connectivity index (χ0) is 16.7. The molecule has 5 rings (SSSR count). The third-order valence-electron chi connectivity index (χ3n) is 6.73. The Morgan fingerprint density at radius 1 is 1.40 bits per heavy atom. The van der Waals surface area contributed by atoms with Crippen molar-refractivity contribution in [2.75, 3.05) is 13.1 Å². The lowest BCUT2D eigenvalue weighted by atomic mass is 9.49. The predicted octanol–water partition coefficient (Wildman–Crippen LogP) is 1.72. The van der Waals surface area contributed by atoms with Crippen LogP contribution >= 0.6 is 12.4 Å². The molecule has 4 aliphatic rings. The molecule has 1 saturated heterocycles. The van der Waals surface area contributed by atoms with E-state index < -0.39 is 17.1 Å². The van der Waals surface area contributed by atoms with E-state index >= 15 is 0 Å². The number of Topliss-reactive ketones (excluding diaryl/α,β-unsaturated/α-hetero) is 1. The molecule has 0 amide bonds. The molecule has 0 radical (unpaired) electrons. The SMILES string of the molecule is C=CCN1CC[C@]23c4c5ccc(O)c4O[C@H]2C(=O)CCC3(O)[C@H]1C5.Cl. The first-order chi connectivity index (χ1) is 11.5. The van der Waals surface area contributed by atoms with Gasteiger partial charge in [0.2, 0.25) is 0 Å². The second-order valence-corrected chi connectivity index (χ2v) is 7.56. The molecule has 0 aromatic heterocycles. The number of hydrogen-bond acceptors (Lipinski definition) is 5. The van der Waals surface area contributed by atoms with Gasteiger partial charge in [0.15, 0.2) is 23.4 Å². The first-order valence-corrected chi connectivity index (χ1v) is 8.65. The Balaban J connectivity index is 0.00000157. The summed E-state index contributed by atoms with van der Waals surface area (Å²) >= 11 is 0. The molecule has 1 unspecified atom stereocenters. The van der Waals surface area contributed by atoms with Crippen LogP contribution in [-0.4, -0.2) is 51.7 Å². The Morgan fingerprint density at radius 3 is 2.96 bits per heavy atom. The molecule has 5 nitrogen and oxygen atoms in total. The minimum absolute atomic E-state index is 0. The van der Waals surface area contributed by atoms with Gasteiger partial charge in [-0.15, -0.1) is 19.0 Å². The van der Waals surface area contributed by atoms with Gasteiger partial charge in [0.1, 0.15) is 0 Å². The Hall–Kier alpha value is -1.56. The first-order valence-electron chi connectivity index (χ1n) is 8.65. The number of carbonyl (C=O) groups is 1. The monoisotopic (exact) mass is 363 g/mol. The summed E-state index contributed by atoms with van der Waals surface area (Å²) in [6.45, 7) is 5.36. The largest absolute Gasteiger partial charge is 0.504 e. The fourth-order valence-corrected chi connectivity index (χ4v) is 5.80. The summed E-state index contributed by atoms with van der Waals surface area (Å²) in [6.07, 6.45) is 3.35. The Morgan fingerprint density at radius 2 is 2.20 bits per heavy atom. The van der Waals surface area contributed by atoms with E-state index in [1.165, 1.54) is 0 Å². The maximum atomic E-state index is 12.6. The summed E-state index contributed by atoms with van der Waals surface area (Å²) in [5.41, 5.74) is 0.256. The lowest BCUT2D eigenvalue weighted by Crippen LogP contribution is -2.76. The van der Waals surface area contributed by atoms with E-state index in [-0.39, 0.29) is 30.0 Å². The van der Waals surface area contributed by atoms with Crippen molar-refractivity contribution in [1.29, 1.82) is 0 Å². The van der Waals surface area contributed by atoms with E-state index in [0.717, 1.165) is 24.2 Å². The number of halogens is 1. The van der Waals surface area contributed by atoms with E-state index in [1.54, 1.807) is 6.07 Å². The highest BCUT2D eigenvalue weighted by molar-refractivity contribution is 5.90. The molecule has 2 N–H and O–H groups in total. The van der Waals surface area contributed by atoms with Gasteiger partial charge in [-0.3, -0.25) is 9.69 Å². The summed E-state index contributed by atoms with van der Waals surface area (Å²) in [5, 5.41) is 22.1. The zero-order valence-corrected chi connectivity index (χ0v) is 14.7. The van der Waals surface area contributed by atoms with Crippen LogP contribution in [0, 0.1) is 0 Å². The molecule has 1 aromatic rings. The molecular formula is C19H22ClNO4. The number of likely N-dealkylation sites (tertiary alicyclic amines) is 1. The molecule has 2 fully saturated rings. The van der Waals surface area contributed by atoms with Crippen molar-refractivity contribution in [1.82, 2.24) is 4.90 Å². The third kappa shape index (κ3) is 1.74. The average Bonchev–Trinajstić information content (AvgIpc) is 2.91. The standard InChI is InChI=1S/C19H21NO4.ClH/c1-2-8-20-9-7-18-15-11-3-4-12(21)16(15)24-17(18)13(22)5-6-19(18,23)14(20)10-11;/h2-4,14,17,21,23H,1,5-10H2;1H/t14-,17+,18+,19?;/m1./s1. The van der Waals surface area contributed by atoms with Gasteiger partial charge in [-0.05, 0) is 30.9 Å². The van der Waals surface area contributed by atoms with Gasteiger partial charge < -0.3 is 14.9 Å². The minimum Gasteiger partial charge on any atom is -0.504 e. The van der Waals surface area contributed by atoms with Crippen molar-refractivity contribution in [3.8, 4) is 11.5 Å². The number of aromatic hydroxyl groups is 1. The third-order valence-corrected chi connectivity index (χ3v) is 6.73. The van der Waals surface area contributed by atoms with Crippen molar-refractivity contribution in [2.24, 2.45) is 0 Å².